The van der Waals surface area contributed by atoms with Crippen LogP contribution in [-0.2, 0) is 12.6 Å². The van der Waals surface area contributed by atoms with Crippen LogP contribution < -0.4 is 0 Å². The molecular formula is C21H16F3N5O2. The van der Waals surface area contributed by atoms with Gasteiger partial charge in [-0.2, -0.15) is 18.3 Å². The molecule has 10 heteroatoms. The number of aryl methyl sites for hydroxylation is 1. The molecule has 2 heterocycles. The van der Waals surface area contributed by atoms with Gasteiger partial charge in [0.2, 0.25) is 0 Å². The van der Waals surface area contributed by atoms with Crippen molar-refractivity contribution in [2.45, 2.75) is 19.5 Å². The lowest BCUT2D eigenvalue weighted by Crippen LogP contribution is -2.15. The van der Waals surface area contributed by atoms with Crippen molar-refractivity contribution in [3.8, 4) is 22.6 Å². The Kier molecular flexibility index (Phi) is 5.05. The highest BCUT2D eigenvalue weighted by Crippen LogP contribution is 2.34. The molecule has 0 saturated carbocycles. The number of aromatic nitrogens is 5. The summed E-state index contributed by atoms with van der Waals surface area (Å²) in [6.07, 6.45) is -1.41. The van der Waals surface area contributed by atoms with Gasteiger partial charge in [0.15, 0.2) is 5.69 Å². The summed E-state index contributed by atoms with van der Waals surface area (Å²) in [5.74, 6) is -1.03. The quantitative estimate of drug-likeness (QED) is 0.510. The highest BCUT2D eigenvalue weighted by Gasteiger charge is 2.38. The maximum atomic E-state index is 13.5. The Morgan fingerprint density at radius 3 is 2.26 bits per heavy atom. The zero-order valence-electron chi connectivity index (χ0n) is 16.2. The first kappa shape index (κ1) is 20.3. The first-order valence-electron chi connectivity index (χ1n) is 9.29. The Hall–Kier alpha value is -3.95. The van der Waals surface area contributed by atoms with Gasteiger partial charge in [0.1, 0.15) is 5.69 Å². The van der Waals surface area contributed by atoms with Crippen LogP contribution in [0.3, 0.4) is 0 Å². The Balaban J connectivity index is 1.62. The number of hydrogen-bond acceptors (Lipinski definition) is 4. The number of aromatic carboxylic acids is 1. The zero-order chi connectivity index (χ0) is 22.2. The largest absolute Gasteiger partial charge is 0.478 e. The third-order valence-electron chi connectivity index (χ3n) is 4.77. The number of rotatable bonds is 5. The van der Waals surface area contributed by atoms with Crippen LogP contribution in [0.2, 0.25) is 0 Å². The van der Waals surface area contributed by atoms with E-state index in [4.69, 9.17) is 5.11 Å². The molecule has 2 aromatic carbocycles. The summed E-state index contributed by atoms with van der Waals surface area (Å²) in [6, 6.07) is 12.5. The molecule has 0 atom stereocenters. The van der Waals surface area contributed by atoms with Crippen LogP contribution in [0.5, 0.6) is 0 Å². The summed E-state index contributed by atoms with van der Waals surface area (Å²) in [4.78, 5) is 11.0. The number of carboxylic acids is 1. The third-order valence-corrected chi connectivity index (χ3v) is 4.77. The van der Waals surface area contributed by atoms with Crippen molar-refractivity contribution in [1.82, 2.24) is 24.8 Å². The van der Waals surface area contributed by atoms with E-state index in [0.717, 1.165) is 4.68 Å². The summed E-state index contributed by atoms with van der Waals surface area (Å²) < 4.78 is 42.8. The van der Waals surface area contributed by atoms with Crippen LogP contribution in [0, 0.1) is 0 Å². The minimum absolute atomic E-state index is 0.133. The number of hydrogen-bond donors (Lipinski definition) is 1. The normalized spacial score (nSPS) is 11.6. The van der Waals surface area contributed by atoms with Crippen molar-refractivity contribution in [2.75, 3.05) is 0 Å². The molecule has 0 unspecified atom stereocenters. The van der Waals surface area contributed by atoms with Gasteiger partial charge in [-0.1, -0.05) is 24.3 Å². The van der Waals surface area contributed by atoms with E-state index in [1.165, 1.54) is 35.1 Å². The fourth-order valence-corrected chi connectivity index (χ4v) is 3.19. The molecule has 0 bridgehead atoms. The van der Waals surface area contributed by atoms with E-state index in [1.54, 1.807) is 37.4 Å². The zero-order valence-corrected chi connectivity index (χ0v) is 16.2. The molecule has 0 saturated heterocycles. The molecular weight excluding hydrogens is 411 g/mol. The minimum Gasteiger partial charge on any atom is -0.478 e. The molecule has 4 aromatic rings. The molecule has 0 aliphatic rings. The highest BCUT2D eigenvalue weighted by atomic mass is 19.4. The number of carboxylic acid groups (broad SMARTS) is 1. The highest BCUT2D eigenvalue weighted by molar-refractivity contribution is 5.87. The number of alkyl halides is 3. The average Bonchev–Trinajstić information content (AvgIpc) is 3.41. The first-order valence-corrected chi connectivity index (χ1v) is 9.29. The van der Waals surface area contributed by atoms with Gasteiger partial charge >= 0.3 is 12.1 Å². The number of carbonyl (C=O) groups is 1. The molecule has 2 aromatic heterocycles. The van der Waals surface area contributed by atoms with Crippen LogP contribution >= 0.6 is 0 Å². The summed E-state index contributed by atoms with van der Waals surface area (Å²) >= 11 is 0. The van der Waals surface area contributed by atoms with Gasteiger partial charge in [0.05, 0.1) is 29.3 Å². The predicted octanol–water partition coefficient (Wildman–Crippen LogP) is 4.40. The SMILES string of the molecule is CCc1cnn(-c2ccc(-c3cn(-c4ccc(C(=O)O)cc4)nn3)cc2)c1C(F)(F)F. The van der Waals surface area contributed by atoms with Gasteiger partial charge < -0.3 is 5.11 Å². The second kappa shape index (κ2) is 7.71. The summed E-state index contributed by atoms with van der Waals surface area (Å²) in [7, 11) is 0. The standard InChI is InChI=1S/C21H16F3N5O2/c1-2-13-11-25-29(19(13)21(22,23)24)17-9-3-14(4-10-17)18-12-28(27-26-18)16-7-5-15(6-8-16)20(30)31/h3-12H,2H2,1H3,(H,30,31). The molecule has 0 aliphatic carbocycles. The number of halogens is 3. The number of benzene rings is 2. The summed E-state index contributed by atoms with van der Waals surface area (Å²) in [6.45, 7) is 1.65. The molecule has 31 heavy (non-hydrogen) atoms. The van der Waals surface area contributed by atoms with Crippen molar-refractivity contribution in [3.05, 3.63) is 77.7 Å². The molecule has 0 aliphatic heterocycles. The number of nitrogens with zero attached hydrogens (tertiary/aromatic N) is 5. The monoisotopic (exact) mass is 427 g/mol. The van der Waals surface area contributed by atoms with E-state index in [9.17, 15) is 18.0 Å². The fourth-order valence-electron chi connectivity index (χ4n) is 3.19. The second-order valence-electron chi connectivity index (χ2n) is 6.73. The van der Waals surface area contributed by atoms with Gasteiger partial charge in [-0.05, 0) is 42.8 Å². The Morgan fingerprint density at radius 1 is 1.03 bits per heavy atom. The Morgan fingerprint density at radius 2 is 1.68 bits per heavy atom. The van der Waals surface area contributed by atoms with Crippen molar-refractivity contribution in [2.24, 2.45) is 0 Å². The molecule has 0 radical (unpaired) electrons. The van der Waals surface area contributed by atoms with Crippen molar-refractivity contribution in [1.29, 1.82) is 0 Å². The van der Waals surface area contributed by atoms with Gasteiger partial charge in [0.25, 0.3) is 0 Å². The van der Waals surface area contributed by atoms with Crippen LogP contribution in [0.15, 0.2) is 60.9 Å². The maximum Gasteiger partial charge on any atom is 0.433 e. The van der Waals surface area contributed by atoms with E-state index in [1.807, 2.05) is 0 Å². The molecule has 158 valence electrons. The lowest BCUT2D eigenvalue weighted by molar-refractivity contribution is -0.143. The second-order valence-corrected chi connectivity index (χ2v) is 6.73. The van der Waals surface area contributed by atoms with E-state index in [2.05, 4.69) is 15.4 Å². The lowest BCUT2D eigenvalue weighted by Gasteiger charge is -2.12. The van der Waals surface area contributed by atoms with E-state index in [-0.39, 0.29) is 23.2 Å². The van der Waals surface area contributed by atoms with Gasteiger partial charge in [-0.25, -0.2) is 14.2 Å². The van der Waals surface area contributed by atoms with Crippen LogP contribution in [0.1, 0.15) is 28.5 Å². The molecule has 7 nitrogen and oxygen atoms in total. The van der Waals surface area contributed by atoms with Crippen LogP contribution in [0.4, 0.5) is 13.2 Å². The minimum atomic E-state index is -4.51. The molecule has 1 N–H and O–H groups in total. The van der Waals surface area contributed by atoms with Crippen LogP contribution in [-0.4, -0.2) is 35.9 Å². The van der Waals surface area contributed by atoms with Crippen LogP contribution in [0.25, 0.3) is 22.6 Å². The predicted molar refractivity (Wildman–Crippen MR) is 105 cm³/mol. The van der Waals surface area contributed by atoms with Gasteiger partial charge in [0, 0.05) is 11.1 Å². The third kappa shape index (κ3) is 3.91. The van der Waals surface area contributed by atoms with E-state index < -0.39 is 17.8 Å². The summed E-state index contributed by atoms with van der Waals surface area (Å²) in [5, 5.41) is 21.0. The van der Waals surface area contributed by atoms with Gasteiger partial charge in [-0.3, -0.25) is 0 Å². The fraction of sp³-hybridized carbons (Fsp3) is 0.143. The van der Waals surface area contributed by atoms with Crippen molar-refractivity contribution < 1.29 is 23.1 Å². The van der Waals surface area contributed by atoms with Crippen molar-refractivity contribution in [3.63, 3.8) is 0 Å². The van der Waals surface area contributed by atoms with E-state index >= 15 is 0 Å². The van der Waals surface area contributed by atoms with Gasteiger partial charge in [-0.15, -0.1) is 5.10 Å². The average molecular weight is 427 g/mol. The topological polar surface area (TPSA) is 85.8 Å². The molecule has 0 spiro atoms. The first-order chi connectivity index (χ1) is 14.8. The smallest absolute Gasteiger partial charge is 0.433 e. The van der Waals surface area contributed by atoms with Crippen molar-refractivity contribution >= 4 is 5.97 Å². The Bertz CT molecular complexity index is 1230. The molecule has 4 rings (SSSR count). The van der Waals surface area contributed by atoms with E-state index in [0.29, 0.717) is 16.9 Å². The Labute approximate surface area is 174 Å². The lowest BCUT2D eigenvalue weighted by atomic mass is 10.1. The maximum absolute atomic E-state index is 13.5. The molecule has 0 amide bonds. The molecule has 0 fully saturated rings. The summed E-state index contributed by atoms with van der Waals surface area (Å²) in [5.41, 5.74) is 1.59.